The molecule has 27 heavy (non-hydrogen) atoms. The van der Waals surface area contributed by atoms with Gasteiger partial charge >= 0.3 is 0 Å². The summed E-state index contributed by atoms with van der Waals surface area (Å²) in [5.74, 6) is 2.38. The highest BCUT2D eigenvalue weighted by atomic mass is 16.5. The van der Waals surface area contributed by atoms with Crippen LogP contribution >= 0.6 is 0 Å². The Morgan fingerprint density at radius 3 is 2.63 bits per heavy atom. The van der Waals surface area contributed by atoms with E-state index in [0.717, 1.165) is 29.1 Å². The van der Waals surface area contributed by atoms with Crippen LogP contribution in [0.2, 0.25) is 0 Å². The molecule has 0 aliphatic carbocycles. The number of aryl methyl sites for hydroxylation is 2. The van der Waals surface area contributed by atoms with E-state index in [-0.39, 0.29) is 5.91 Å². The molecule has 0 bridgehead atoms. The fourth-order valence-corrected chi connectivity index (χ4v) is 2.70. The lowest BCUT2D eigenvalue weighted by Crippen LogP contribution is -2.28. The molecule has 0 aliphatic rings. The van der Waals surface area contributed by atoms with Crippen molar-refractivity contribution in [1.82, 2.24) is 10.1 Å². The molecule has 6 nitrogen and oxygen atoms in total. The smallest absolute Gasteiger partial charge is 0.246 e. The van der Waals surface area contributed by atoms with Gasteiger partial charge in [0, 0.05) is 19.7 Å². The molecule has 0 N–H and O–H groups in total. The van der Waals surface area contributed by atoms with Crippen molar-refractivity contribution in [3.63, 3.8) is 0 Å². The van der Waals surface area contributed by atoms with Gasteiger partial charge in [-0.3, -0.25) is 4.79 Å². The number of benzene rings is 1. The SMILES string of the molecule is COc1cc(/C=C/C(=O)N(C)CC(C)C)ccc1OCc1c(C)noc1C. The van der Waals surface area contributed by atoms with E-state index in [1.165, 1.54) is 0 Å². The summed E-state index contributed by atoms with van der Waals surface area (Å²) in [6, 6.07) is 5.56. The largest absolute Gasteiger partial charge is 0.493 e. The van der Waals surface area contributed by atoms with E-state index in [4.69, 9.17) is 14.0 Å². The van der Waals surface area contributed by atoms with Gasteiger partial charge in [0.15, 0.2) is 11.5 Å². The van der Waals surface area contributed by atoms with E-state index in [1.54, 1.807) is 31.2 Å². The molecule has 0 fully saturated rings. The van der Waals surface area contributed by atoms with Crippen LogP contribution in [0.25, 0.3) is 6.08 Å². The first kappa shape index (κ1) is 20.6. The molecule has 1 amide bonds. The molecule has 1 heterocycles. The van der Waals surface area contributed by atoms with Crippen molar-refractivity contribution in [1.29, 1.82) is 0 Å². The van der Waals surface area contributed by atoms with E-state index in [2.05, 4.69) is 19.0 Å². The van der Waals surface area contributed by atoms with Gasteiger partial charge in [-0.15, -0.1) is 0 Å². The predicted octanol–water partition coefficient (Wildman–Crippen LogP) is 4.01. The topological polar surface area (TPSA) is 64.8 Å². The minimum absolute atomic E-state index is 0.0265. The van der Waals surface area contributed by atoms with Crippen LogP contribution < -0.4 is 9.47 Å². The number of hydrogen-bond acceptors (Lipinski definition) is 5. The van der Waals surface area contributed by atoms with Gasteiger partial charge in [0.1, 0.15) is 12.4 Å². The van der Waals surface area contributed by atoms with Crippen LogP contribution in [-0.4, -0.2) is 36.7 Å². The molecule has 2 aromatic rings. The Labute approximate surface area is 160 Å². The number of aromatic nitrogens is 1. The van der Waals surface area contributed by atoms with Gasteiger partial charge in [-0.05, 0) is 43.5 Å². The lowest BCUT2D eigenvalue weighted by atomic mass is 10.1. The third-order valence-corrected chi connectivity index (χ3v) is 4.17. The third kappa shape index (κ3) is 5.61. The first-order valence-electron chi connectivity index (χ1n) is 8.97. The average Bonchev–Trinajstić information content (AvgIpc) is 2.95. The Morgan fingerprint density at radius 1 is 1.30 bits per heavy atom. The molecule has 2 rings (SSSR count). The maximum Gasteiger partial charge on any atom is 0.246 e. The Morgan fingerprint density at radius 2 is 2.04 bits per heavy atom. The molecule has 0 unspecified atom stereocenters. The van der Waals surface area contributed by atoms with Crippen LogP contribution in [0, 0.1) is 19.8 Å². The van der Waals surface area contributed by atoms with Crippen molar-refractivity contribution in [3.05, 3.63) is 46.9 Å². The summed E-state index contributed by atoms with van der Waals surface area (Å²) in [5.41, 5.74) is 2.61. The maximum absolute atomic E-state index is 12.1. The molecule has 0 saturated heterocycles. The second-order valence-electron chi connectivity index (χ2n) is 6.95. The number of hydrogen-bond donors (Lipinski definition) is 0. The van der Waals surface area contributed by atoms with Crippen molar-refractivity contribution >= 4 is 12.0 Å². The molecule has 146 valence electrons. The van der Waals surface area contributed by atoms with Crippen LogP contribution in [0.4, 0.5) is 0 Å². The molecule has 1 aromatic carbocycles. The van der Waals surface area contributed by atoms with E-state index in [9.17, 15) is 4.79 Å². The Kier molecular flexibility index (Phi) is 7.05. The Hall–Kier alpha value is -2.76. The maximum atomic E-state index is 12.1. The number of amides is 1. The van der Waals surface area contributed by atoms with E-state index >= 15 is 0 Å². The Balaban J connectivity index is 2.07. The first-order valence-corrected chi connectivity index (χ1v) is 8.97. The zero-order valence-electron chi connectivity index (χ0n) is 16.9. The number of methoxy groups -OCH3 is 1. The average molecular weight is 372 g/mol. The molecule has 0 atom stereocenters. The van der Waals surface area contributed by atoms with E-state index < -0.39 is 0 Å². The number of ether oxygens (including phenoxy) is 2. The predicted molar refractivity (Wildman–Crippen MR) is 105 cm³/mol. The van der Waals surface area contributed by atoms with Crippen molar-refractivity contribution in [2.75, 3.05) is 20.7 Å². The summed E-state index contributed by atoms with van der Waals surface area (Å²) < 4.78 is 16.5. The zero-order valence-corrected chi connectivity index (χ0v) is 16.9. The molecule has 0 aliphatic heterocycles. The number of carbonyl (C=O) groups is 1. The van der Waals surface area contributed by atoms with Crippen LogP contribution in [0.15, 0.2) is 28.8 Å². The van der Waals surface area contributed by atoms with Crippen molar-refractivity contribution in [3.8, 4) is 11.5 Å². The quantitative estimate of drug-likeness (QED) is 0.655. The number of nitrogens with zero attached hydrogens (tertiary/aromatic N) is 2. The van der Waals surface area contributed by atoms with Gasteiger partial charge in [0.05, 0.1) is 18.4 Å². The summed E-state index contributed by atoms with van der Waals surface area (Å²) in [4.78, 5) is 13.8. The molecule has 0 saturated carbocycles. The summed E-state index contributed by atoms with van der Waals surface area (Å²) in [6.07, 6.45) is 3.35. The molecule has 0 radical (unpaired) electrons. The molecule has 1 aromatic heterocycles. The summed E-state index contributed by atoms with van der Waals surface area (Å²) in [7, 11) is 3.39. The highest BCUT2D eigenvalue weighted by Crippen LogP contribution is 2.30. The number of rotatable bonds is 8. The van der Waals surface area contributed by atoms with Gasteiger partial charge < -0.3 is 18.9 Å². The van der Waals surface area contributed by atoms with Crippen molar-refractivity contribution in [2.24, 2.45) is 5.92 Å². The highest BCUT2D eigenvalue weighted by molar-refractivity contribution is 5.91. The zero-order chi connectivity index (χ0) is 20.0. The normalized spacial score (nSPS) is 11.2. The van der Waals surface area contributed by atoms with Crippen molar-refractivity contribution in [2.45, 2.75) is 34.3 Å². The molecular formula is C21H28N2O4. The third-order valence-electron chi connectivity index (χ3n) is 4.17. The van der Waals surface area contributed by atoms with Crippen molar-refractivity contribution < 1.29 is 18.8 Å². The second kappa shape index (κ2) is 9.26. The van der Waals surface area contributed by atoms with Crippen LogP contribution in [-0.2, 0) is 11.4 Å². The molecular weight excluding hydrogens is 344 g/mol. The minimum Gasteiger partial charge on any atom is -0.493 e. The number of likely N-dealkylation sites (N-methyl/N-ethyl adjacent to an activating group) is 1. The van der Waals surface area contributed by atoms with Gasteiger partial charge in [0.2, 0.25) is 5.91 Å². The molecule has 0 spiro atoms. The lowest BCUT2D eigenvalue weighted by Gasteiger charge is -2.17. The van der Waals surface area contributed by atoms with Crippen LogP contribution in [0.1, 0.15) is 36.4 Å². The highest BCUT2D eigenvalue weighted by Gasteiger charge is 2.12. The second-order valence-corrected chi connectivity index (χ2v) is 6.95. The summed E-state index contributed by atoms with van der Waals surface area (Å²) >= 11 is 0. The van der Waals surface area contributed by atoms with Gasteiger partial charge in [-0.1, -0.05) is 25.1 Å². The summed E-state index contributed by atoms with van der Waals surface area (Å²) in [6.45, 7) is 8.98. The van der Waals surface area contributed by atoms with Gasteiger partial charge in [-0.25, -0.2) is 0 Å². The monoisotopic (exact) mass is 372 g/mol. The van der Waals surface area contributed by atoms with Crippen LogP contribution in [0.3, 0.4) is 0 Å². The fourth-order valence-electron chi connectivity index (χ4n) is 2.70. The van der Waals surface area contributed by atoms with E-state index in [0.29, 0.717) is 24.0 Å². The molecule has 6 heteroatoms. The summed E-state index contributed by atoms with van der Waals surface area (Å²) in [5, 5.41) is 3.93. The standard InChI is InChI=1S/C21H28N2O4/c1-14(2)12-23(5)21(24)10-8-17-7-9-19(20(11-17)25-6)26-13-18-15(3)22-27-16(18)4/h7-11,14H,12-13H2,1-6H3/b10-8+. The first-order chi connectivity index (χ1) is 12.8. The van der Waals surface area contributed by atoms with Gasteiger partial charge in [0.25, 0.3) is 0 Å². The van der Waals surface area contributed by atoms with E-state index in [1.807, 2.05) is 32.0 Å². The lowest BCUT2D eigenvalue weighted by molar-refractivity contribution is -0.125. The van der Waals surface area contributed by atoms with Crippen LogP contribution in [0.5, 0.6) is 11.5 Å². The minimum atomic E-state index is -0.0265. The fraction of sp³-hybridized carbons (Fsp3) is 0.429. The number of carbonyl (C=O) groups excluding carboxylic acids is 1. The van der Waals surface area contributed by atoms with Gasteiger partial charge in [-0.2, -0.15) is 0 Å². The Bertz CT molecular complexity index is 789.